The number of rotatable bonds is 3. The molecule has 4 aromatic rings. The van der Waals surface area contributed by atoms with E-state index in [1.54, 1.807) is 7.05 Å². The monoisotopic (exact) mass is 397 g/mol. The number of fused-ring (bicyclic) bond motifs is 3. The Hall–Kier alpha value is -2.67. The van der Waals surface area contributed by atoms with Gasteiger partial charge in [-0.25, -0.2) is 0 Å². The molecule has 6 nitrogen and oxygen atoms in total. The summed E-state index contributed by atoms with van der Waals surface area (Å²) in [6.45, 7) is 2.55. The van der Waals surface area contributed by atoms with Crippen LogP contribution in [0.4, 0.5) is 5.69 Å². The van der Waals surface area contributed by atoms with E-state index in [1.807, 2.05) is 47.7 Å². The van der Waals surface area contributed by atoms with Gasteiger partial charge in [0.25, 0.3) is 5.56 Å². The van der Waals surface area contributed by atoms with Crippen molar-refractivity contribution in [3.63, 3.8) is 0 Å². The zero-order valence-corrected chi connectivity index (χ0v) is 15.4. The maximum absolute atomic E-state index is 12.5. The molecule has 0 bridgehead atoms. The molecule has 4 rings (SSSR count). The first-order valence-corrected chi connectivity index (χ1v) is 8.67. The predicted octanol–water partition coefficient (Wildman–Crippen LogP) is 3.26. The van der Waals surface area contributed by atoms with Gasteiger partial charge in [0.05, 0.1) is 17.4 Å². The molecule has 2 heterocycles. The molecule has 0 aliphatic carbocycles. The van der Waals surface area contributed by atoms with Crippen LogP contribution in [-0.4, -0.2) is 19.2 Å². The van der Waals surface area contributed by atoms with Crippen molar-refractivity contribution in [3.8, 4) is 0 Å². The number of hydrogen-bond acceptors (Lipinski definition) is 4. The fraction of sp³-hybridized carbons (Fsp3) is 0.167. The number of aromatic nitrogens is 4. The van der Waals surface area contributed by atoms with Crippen LogP contribution in [0.5, 0.6) is 0 Å². The number of nitrogens with zero attached hydrogens (tertiary/aromatic N) is 4. The second-order valence-electron chi connectivity index (χ2n) is 5.95. The van der Waals surface area contributed by atoms with Crippen molar-refractivity contribution in [1.29, 1.82) is 0 Å². The molecule has 126 valence electrons. The predicted molar refractivity (Wildman–Crippen MR) is 102 cm³/mol. The summed E-state index contributed by atoms with van der Waals surface area (Å²) in [5, 5.41) is 12.5. The van der Waals surface area contributed by atoms with E-state index in [4.69, 9.17) is 0 Å². The third-order valence-corrected chi connectivity index (χ3v) is 5.19. The highest BCUT2D eigenvalue weighted by Gasteiger charge is 2.14. The van der Waals surface area contributed by atoms with Crippen molar-refractivity contribution in [1.82, 2.24) is 19.2 Å². The number of anilines is 1. The molecule has 0 aliphatic heterocycles. The lowest BCUT2D eigenvalue weighted by atomic mass is 10.2. The van der Waals surface area contributed by atoms with Gasteiger partial charge in [0.1, 0.15) is 0 Å². The molecular formula is C18H16BrN5O. The van der Waals surface area contributed by atoms with E-state index in [2.05, 4.69) is 37.5 Å². The molecule has 0 spiro atoms. The molecule has 0 saturated heterocycles. The summed E-state index contributed by atoms with van der Waals surface area (Å²) in [5.41, 5.74) is 2.91. The van der Waals surface area contributed by atoms with Crippen LogP contribution in [-0.2, 0) is 13.6 Å². The van der Waals surface area contributed by atoms with Crippen molar-refractivity contribution in [2.75, 3.05) is 5.32 Å². The molecule has 2 aromatic heterocycles. The average Bonchev–Trinajstić information content (AvgIpc) is 3.05. The molecule has 1 N–H and O–H groups in total. The number of hydrogen-bond donors (Lipinski definition) is 1. The molecule has 0 radical (unpaired) electrons. The average molecular weight is 398 g/mol. The SMILES string of the molecule is Cc1cc(NCc2nnc3n(C)c(=O)c4ccccc4n23)ccc1Br. The summed E-state index contributed by atoms with van der Waals surface area (Å²) in [6.07, 6.45) is 0. The molecule has 0 unspecified atom stereocenters. The molecule has 0 atom stereocenters. The van der Waals surface area contributed by atoms with Gasteiger partial charge in [0, 0.05) is 17.2 Å². The third kappa shape index (κ3) is 2.60. The van der Waals surface area contributed by atoms with E-state index in [0.29, 0.717) is 17.7 Å². The Kier molecular flexibility index (Phi) is 3.80. The standard InChI is InChI=1S/C18H16BrN5O/c1-11-9-12(7-8-14(11)19)20-10-16-21-22-18-23(2)17(25)13-5-3-4-6-15(13)24(16)18/h3-9,20H,10H2,1-2H3. The topological polar surface area (TPSA) is 64.2 Å². The molecular weight excluding hydrogens is 382 g/mol. The highest BCUT2D eigenvalue weighted by molar-refractivity contribution is 9.10. The Morgan fingerprint density at radius 3 is 2.76 bits per heavy atom. The second-order valence-corrected chi connectivity index (χ2v) is 6.80. The van der Waals surface area contributed by atoms with Crippen molar-refractivity contribution < 1.29 is 0 Å². The van der Waals surface area contributed by atoms with E-state index in [9.17, 15) is 4.79 Å². The van der Waals surface area contributed by atoms with Gasteiger partial charge in [-0.1, -0.05) is 28.1 Å². The minimum Gasteiger partial charge on any atom is -0.378 e. The van der Waals surface area contributed by atoms with Crippen LogP contribution in [0.15, 0.2) is 51.7 Å². The van der Waals surface area contributed by atoms with Gasteiger partial charge in [0.2, 0.25) is 5.78 Å². The van der Waals surface area contributed by atoms with Crippen LogP contribution in [0.25, 0.3) is 16.7 Å². The molecule has 25 heavy (non-hydrogen) atoms. The summed E-state index contributed by atoms with van der Waals surface area (Å²) in [7, 11) is 1.72. The summed E-state index contributed by atoms with van der Waals surface area (Å²) in [5.74, 6) is 1.29. The van der Waals surface area contributed by atoms with Gasteiger partial charge in [-0.15, -0.1) is 10.2 Å². The molecule has 0 amide bonds. The highest BCUT2D eigenvalue weighted by Crippen LogP contribution is 2.21. The first-order valence-electron chi connectivity index (χ1n) is 7.88. The fourth-order valence-electron chi connectivity index (χ4n) is 2.94. The van der Waals surface area contributed by atoms with E-state index < -0.39 is 0 Å². The zero-order valence-electron chi connectivity index (χ0n) is 13.8. The maximum atomic E-state index is 12.5. The summed E-state index contributed by atoms with van der Waals surface area (Å²) >= 11 is 3.51. The smallest absolute Gasteiger partial charge is 0.262 e. The van der Waals surface area contributed by atoms with Crippen LogP contribution in [0.1, 0.15) is 11.4 Å². The Morgan fingerprint density at radius 2 is 1.96 bits per heavy atom. The van der Waals surface area contributed by atoms with Crippen LogP contribution in [0.2, 0.25) is 0 Å². The zero-order chi connectivity index (χ0) is 17.6. The number of para-hydroxylation sites is 1. The van der Waals surface area contributed by atoms with Gasteiger partial charge < -0.3 is 5.32 Å². The summed E-state index contributed by atoms with van der Waals surface area (Å²) in [6, 6.07) is 13.6. The third-order valence-electron chi connectivity index (χ3n) is 4.30. The Bertz CT molecular complexity index is 1160. The highest BCUT2D eigenvalue weighted by atomic mass is 79.9. The maximum Gasteiger partial charge on any atom is 0.262 e. The van der Waals surface area contributed by atoms with Crippen molar-refractivity contribution in [2.45, 2.75) is 13.5 Å². The molecule has 0 fully saturated rings. The van der Waals surface area contributed by atoms with Gasteiger partial charge in [-0.05, 0) is 42.8 Å². The minimum atomic E-state index is -0.0708. The fourth-order valence-corrected chi connectivity index (χ4v) is 3.19. The second kappa shape index (κ2) is 6.00. The van der Waals surface area contributed by atoms with Crippen molar-refractivity contribution in [2.24, 2.45) is 7.05 Å². The Morgan fingerprint density at radius 1 is 1.16 bits per heavy atom. The number of nitrogens with one attached hydrogen (secondary N) is 1. The van der Waals surface area contributed by atoms with E-state index in [1.165, 1.54) is 4.57 Å². The largest absolute Gasteiger partial charge is 0.378 e. The molecule has 2 aromatic carbocycles. The normalized spacial score (nSPS) is 11.3. The van der Waals surface area contributed by atoms with Gasteiger partial charge in [-0.3, -0.25) is 13.8 Å². The van der Waals surface area contributed by atoms with E-state index in [-0.39, 0.29) is 5.56 Å². The van der Waals surface area contributed by atoms with Crippen molar-refractivity contribution in [3.05, 3.63) is 68.7 Å². The summed E-state index contributed by atoms with van der Waals surface area (Å²) in [4.78, 5) is 12.5. The molecule has 0 aliphatic rings. The first kappa shape index (κ1) is 15.8. The number of aryl methyl sites for hydroxylation is 2. The Balaban J connectivity index is 1.80. The minimum absolute atomic E-state index is 0.0708. The van der Waals surface area contributed by atoms with Crippen LogP contribution >= 0.6 is 15.9 Å². The molecule has 7 heteroatoms. The van der Waals surface area contributed by atoms with E-state index in [0.717, 1.165) is 27.1 Å². The number of halogens is 1. The van der Waals surface area contributed by atoms with Gasteiger partial charge >= 0.3 is 0 Å². The quantitative estimate of drug-likeness (QED) is 0.576. The van der Waals surface area contributed by atoms with Crippen LogP contribution in [0.3, 0.4) is 0 Å². The lowest BCUT2D eigenvalue weighted by molar-refractivity contribution is 0.855. The lowest BCUT2D eigenvalue weighted by Crippen LogP contribution is -2.20. The van der Waals surface area contributed by atoms with E-state index >= 15 is 0 Å². The van der Waals surface area contributed by atoms with Gasteiger partial charge in [0.15, 0.2) is 5.82 Å². The van der Waals surface area contributed by atoms with Crippen molar-refractivity contribution >= 4 is 38.3 Å². The molecule has 0 saturated carbocycles. The van der Waals surface area contributed by atoms with Crippen LogP contribution in [0, 0.1) is 6.92 Å². The number of benzene rings is 2. The Labute approximate surface area is 152 Å². The van der Waals surface area contributed by atoms with Crippen LogP contribution < -0.4 is 10.9 Å². The van der Waals surface area contributed by atoms with Gasteiger partial charge in [-0.2, -0.15) is 0 Å². The summed E-state index contributed by atoms with van der Waals surface area (Å²) < 4.78 is 4.53. The first-order chi connectivity index (χ1) is 12.1. The lowest BCUT2D eigenvalue weighted by Gasteiger charge is -2.10.